The number of carboxylic acid groups (broad SMARTS) is 1. The molecule has 1 aliphatic rings. The van der Waals surface area contributed by atoms with Gasteiger partial charge >= 0.3 is 5.97 Å². The predicted molar refractivity (Wildman–Crippen MR) is 95.8 cm³/mol. The zero-order chi connectivity index (χ0) is 18.7. The van der Waals surface area contributed by atoms with Crippen molar-refractivity contribution in [3.63, 3.8) is 0 Å². The first-order valence-corrected chi connectivity index (χ1v) is 8.77. The molecule has 0 unspecified atom stereocenters. The van der Waals surface area contributed by atoms with Crippen molar-refractivity contribution < 1.29 is 19.1 Å². The first-order chi connectivity index (χ1) is 12.5. The quantitative estimate of drug-likeness (QED) is 0.789. The molecule has 7 nitrogen and oxygen atoms in total. The smallest absolute Gasteiger partial charge is 0.317 e. The second kappa shape index (κ2) is 7.70. The maximum absolute atomic E-state index is 12.6. The lowest BCUT2D eigenvalue weighted by Gasteiger charge is -2.42. The summed E-state index contributed by atoms with van der Waals surface area (Å²) in [6, 6.07) is 9.63. The van der Waals surface area contributed by atoms with Crippen LogP contribution in [0.3, 0.4) is 0 Å². The molecule has 1 fully saturated rings. The highest BCUT2D eigenvalue weighted by molar-refractivity contribution is 5.98. The van der Waals surface area contributed by atoms with Gasteiger partial charge in [0.2, 0.25) is 0 Å². The number of hydrogen-bond donors (Lipinski definition) is 2. The van der Waals surface area contributed by atoms with Gasteiger partial charge in [-0.25, -0.2) is 4.98 Å². The molecule has 7 heteroatoms. The van der Waals surface area contributed by atoms with E-state index < -0.39 is 5.97 Å². The molecule has 2 aromatic rings. The highest BCUT2D eigenvalue weighted by Crippen LogP contribution is 2.28. The number of aliphatic carboxylic acids is 1. The molecule has 1 amide bonds. The summed E-state index contributed by atoms with van der Waals surface area (Å²) in [6.45, 7) is 4.37. The van der Waals surface area contributed by atoms with Crippen LogP contribution < -0.4 is 5.32 Å². The number of likely N-dealkylation sites (N-methyl/N-ethyl adjacent to an activating group) is 1. The average Bonchev–Trinajstić information content (AvgIpc) is 2.98. The zero-order valence-corrected chi connectivity index (χ0v) is 14.9. The van der Waals surface area contributed by atoms with Crippen LogP contribution in [-0.4, -0.2) is 52.0 Å². The molecular formula is C19H23N3O4. The topological polar surface area (TPSA) is 95.7 Å². The SMILES string of the molecule is CCN(CC(=O)O)C1CC(NC(=O)c2nc(C)oc2-c2ccccc2)C1. The summed E-state index contributed by atoms with van der Waals surface area (Å²) in [5.41, 5.74) is 1.10. The summed E-state index contributed by atoms with van der Waals surface area (Å²) >= 11 is 0. The number of aromatic nitrogens is 1. The van der Waals surface area contributed by atoms with Crippen molar-refractivity contribution >= 4 is 11.9 Å². The summed E-state index contributed by atoms with van der Waals surface area (Å²) in [6.07, 6.45) is 1.48. The Hall–Kier alpha value is -2.67. The molecule has 26 heavy (non-hydrogen) atoms. The van der Waals surface area contributed by atoms with Crippen molar-refractivity contribution in [2.75, 3.05) is 13.1 Å². The maximum Gasteiger partial charge on any atom is 0.317 e. The number of nitrogens with one attached hydrogen (secondary N) is 1. The third kappa shape index (κ3) is 3.94. The molecule has 0 saturated heterocycles. The first kappa shape index (κ1) is 18.1. The Bertz CT molecular complexity index is 781. The van der Waals surface area contributed by atoms with Crippen LogP contribution in [0.2, 0.25) is 0 Å². The summed E-state index contributed by atoms with van der Waals surface area (Å²) in [4.78, 5) is 29.7. The summed E-state index contributed by atoms with van der Waals surface area (Å²) in [5, 5.41) is 11.9. The average molecular weight is 357 g/mol. The van der Waals surface area contributed by atoms with Crippen molar-refractivity contribution in [1.29, 1.82) is 0 Å². The zero-order valence-electron chi connectivity index (χ0n) is 14.9. The van der Waals surface area contributed by atoms with Crippen LogP contribution >= 0.6 is 0 Å². The molecule has 0 aliphatic heterocycles. The van der Waals surface area contributed by atoms with Crippen molar-refractivity contribution in [3.05, 3.63) is 41.9 Å². The van der Waals surface area contributed by atoms with Gasteiger partial charge in [0, 0.05) is 24.6 Å². The monoisotopic (exact) mass is 357 g/mol. The van der Waals surface area contributed by atoms with Gasteiger partial charge in [0.25, 0.3) is 5.91 Å². The summed E-state index contributed by atoms with van der Waals surface area (Å²) in [5.74, 6) is -0.174. The largest absolute Gasteiger partial charge is 0.480 e. The molecule has 0 radical (unpaired) electrons. The Labute approximate surface area is 152 Å². The number of carbonyl (C=O) groups excluding carboxylic acids is 1. The molecule has 3 rings (SSSR count). The Morgan fingerprint density at radius 1 is 1.31 bits per heavy atom. The van der Waals surface area contributed by atoms with E-state index in [1.54, 1.807) is 6.92 Å². The molecule has 0 bridgehead atoms. The lowest BCUT2D eigenvalue weighted by atomic mass is 9.85. The Balaban J connectivity index is 1.63. The standard InChI is InChI=1S/C19H23N3O4/c1-3-22(11-16(23)24)15-9-14(10-15)21-19(25)17-18(26-12(2)20-17)13-7-5-4-6-8-13/h4-8,14-15H,3,9-11H2,1-2H3,(H,21,25)(H,23,24). The number of rotatable bonds is 7. The van der Waals surface area contributed by atoms with E-state index >= 15 is 0 Å². The van der Waals surface area contributed by atoms with Crippen LogP contribution in [0, 0.1) is 6.92 Å². The van der Waals surface area contributed by atoms with Gasteiger partial charge in [0.05, 0.1) is 6.54 Å². The van der Waals surface area contributed by atoms with E-state index in [2.05, 4.69) is 10.3 Å². The lowest BCUT2D eigenvalue weighted by Crippen LogP contribution is -2.54. The van der Waals surface area contributed by atoms with Gasteiger partial charge in [-0.15, -0.1) is 0 Å². The van der Waals surface area contributed by atoms with Gasteiger partial charge in [-0.05, 0) is 19.4 Å². The van der Waals surface area contributed by atoms with Crippen LogP contribution in [0.4, 0.5) is 0 Å². The third-order valence-corrected chi connectivity index (χ3v) is 4.69. The summed E-state index contributed by atoms with van der Waals surface area (Å²) in [7, 11) is 0. The minimum atomic E-state index is -0.829. The molecule has 0 spiro atoms. The lowest BCUT2D eigenvalue weighted by molar-refractivity contribution is -0.139. The van der Waals surface area contributed by atoms with E-state index in [-0.39, 0.29) is 30.2 Å². The van der Waals surface area contributed by atoms with E-state index in [1.165, 1.54) is 0 Å². The van der Waals surface area contributed by atoms with Crippen molar-refractivity contribution in [1.82, 2.24) is 15.2 Å². The van der Waals surface area contributed by atoms with Gasteiger partial charge in [-0.1, -0.05) is 37.3 Å². The number of amides is 1. The minimum absolute atomic E-state index is 0.0241. The first-order valence-electron chi connectivity index (χ1n) is 8.77. The Kier molecular flexibility index (Phi) is 5.37. The van der Waals surface area contributed by atoms with Crippen molar-refractivity contribution in [2.24, 2.45) is 0 Å². The Morgan fingerprint density at radius 2 is 2.00 bits per heavy atom. The second-order valence-corrected chi connectivity index (χ2v) is 6.53. The van der Waals surface area contributed by atoms with Crippen LogP contribution in [0.25, 0.3) is 11.3 Å². The van der Waals surface area contributed by atoms with E-state index in [9.17, 15) is 9.59 Å². The molecule has 2 N–H and O–H groups in total. The fourth-order valence-electron chi connectivity index (χ4n) is 3.30. The van der Waals surface area contributed by atoms with Crippen LogP contribution in [0.5, 0.6) is 0 Å². The predicted octanol–water partition coefficient (Wildman–Crippen LogP) is 2.32. The van der Waals surface area contributed by atoms with Crippen LogP contribution in [0.1, 0.15) is 36.1 Å². The molecular weight excluding hydrogens is 334 g/mol. The molecule has 1 saturated carbocycles. The van der Waals surface area contributed by atoms with Gasteiger partial charge in [0.15, 0.2) is 17.3 Å². The fraction of sp³-hybridized carbons (Fsp3) is 0.421. The fourth-order valence-corrected chi connectivity index (χ4v) is 3.30. The number of nitrogens with zero attached hydrogens (tertiary/aromatic N) is 2. The number of carbonyl (C=O) groups is 2. The van der Waals surface area contributed by atoms with Gasteiger partial charge in [0.1, 0.15) is 0 Å². The number of oxazole rings is 1. The number of benzene rings is 1. The van der Waals surface area contributed by atoms with Crippen molar-refractivity contribution in [3.8, 4) is 11.3 Å². The maximum atomic E-state index is 12.6. The molecule has 1 aromatic carbocycles. The van der Waals surface area contributed by atoms with Crippen LogP contribution in [0.15, 0.2) is 34.7 Å². The molecule has 0 atom stereocenters. The van der Waals surface area contributed by atoms with Gasteiger partial charge < -0.3 is 14.8 Å². The van der Waals surface area contributed by atoms with Gasteiger partial charge in [-0.3, -0.25) is 14.5 Å². The number of hydrogen-bond acceptors (Lipinski definition) is 5. The highest BCUT2D eigenvalue weighted by atomic mass is 16.4. The molecule has 1 heterocycles. The Morgan fingerprint density at radius 3 is 2.62 bits per heavy atom. The van der Waals surface area contributed by atoms with E-state index in [4.69, 9.17) is 9.52 Å². The normalized spacial score (nSPS) is 19.2. The molecule has 138 valence electrons. The van der Waals surface area contributed by atoms with Crippen molar-refractivity contribution in [2.45, 2.75) is 38.8 Å². The molecule has 1 aromatic heterocycles. The summed E-state index contributed by atoms with van der Waals surface area (Å²) < 4.78 is 5.63. The molecule has 1 aliphatic carbocycles. The van der Waals surface area contributed by atoms with E-state index in [0.717, 1.165) is 18.4 Å². The minimum Gasteiger partial charge on any atom is -0.480 e. The van der Waals surface area contributed by atoms with E-state index in [0.29, 0.717) is 18.2 Å². The van der Waals surface area contributed by atoms with Gasteiger partial charge in [-0.2, -0.15) is 0 Å². The number of carboxylic acids is 1. The van der Waals surface area contributed by atoms with Crippen LogP contribution in [-0.2, 0) is 4.79 Å². The number of aryl methyl sites for hydroxylation is 1. The second-order valence-electron chi connectivity index (χ2n) is 6.53. The van der Waals surface area contributed by atoms with E-state index in [1.807, 2.05) is 42.2 Å². The highest BCUT2D eigenvalue weighted by Gasteiger charge is 2.35. The third-order valence-electron chi connectivity index (χ3n) is 4.69.